The summed E-state index contributed by atoms with van der Waals surface area (Å²) < 4.78 is 0. The van der Waals surface area contributed by atoms with Crippen LogP contribution in [0.2, 0.25) is 0 Å². The van der Waals surface area contributed by atoms with Crippen molar-refractivity contribution in [2.24, 2.45) is 0 Å². The van der Waals surface area contributed by atoms with Gasteiger partial charge in [0.15, 0.2) is 0 Å². The van der Waals surface area contributed by atoms with Gasteiger partial charge in [0.1, 0.15) is 30.0 Å². The van der Waals surface area contributed by atoms with Crippen LogP contribution < -0.4 is 16.1 Å². The summed E-state index contributed by atoms with van der Waals surface area (Å²) in [5, 5.41) is 35.4. The van der Waals surface area contributed by atoms with Crippen molar-refractivity contribution in [1.82, 2.24) is 30.9 Å². The molecule has 0 saturated carbocycles. The maximum atomic E-state index is 14.6. The van der Waals surface area contributed by atoms with Crippen molar-refractivity contribution in [3.05, 3.63) is 114 Å². The van der Waals surface area contributed by atoms with Gasteiger partial charge in [0.25, 0.3) is 5.91 Å². The Morgan fingerprint density at radius 1 is 0.962 bits per heavy atom. The Hall–Kier alpha value is -6.06. The third-order valence-corrected chi connectivity index (χ3v) is 8.85. The van der Waals surface area contributed by atoms with Crippen LogP contribution in [0.3, 0.4) is 0 Å². The van der Waals surface area contributed by atoms with Crippen LogP contribution in [0, 0.1) is 0 Å². The number of aromatic hydroxyl groups is 1. The summed E-state index contributed by atoms with van der Waals surface area (Å²) in [7, 11) is 0. The first kappa shape index (κ1) is 37.2. The van der Waals surface area contributed by atoms with Gasteiger partial charge in [-0.25, -0.2) is 15.2 Å². The van der Waals surface area contributed by atoms with Gasteiger partial charge < -0.3 is 35.8 Å². The summed E-state index contributed by atoms with van der Waals surface area (Å²) in [6.07, 6.45) is 0.125. The standard InChI is InChI=1S/C37H40N6O9/c1-2-17-41-22-31(45)43-29(18-23-11-13-27(44)14-12-23)36(50)42(21-30(43)40-41)33(35(49)38-20-24-7-4-3-5-8-24)25-9-6-10-26(19-25)34(48)39-28(37(51)52)15-16-32(46)47/h2-14,19,28-30,33,40,44H,1,15-18,20-22H2,(H,38,49)(H,39,48)(H,46,47)(H,51,52)/t28?,29-,30+,33?/m0/s1. The predicted molar refractivity (Wildman–Crippen MR) is 186 cm³/mol. The molecule has 15 nitrogen and oxygen atoms in total. The van der Waals surface area contributed by atoms with E-state index in [2.05, 4.69) is 22.6 Å². The van der Waals surface area contributed by atoms with Crippen molar-refractivity contribution < 1.29 is 44.1 Å². The maximum absolute atomic E-state index is 14.6. The molecular formula is C37H40N6O9. The number of hydrogen-bond acceptors (Lipinski definition) is 9. The van der Waals surface area contributed by atoms with E-state index in [-0.39, 0.29) is 55.3 Å². The molecule has 15 heteroatoms. The van der Waals surface area contributed by atoms with Gasteiger partial charge in [0.2, 0.25) is 17.7 Å². The smallest absolute Gasteiger partial charge is 0.326 e. The first-order valence-corrected chi connectivity index (χ1v) is 16.6. The van der Waals surface area contributed by atoms with E-state index < -0.39 is 60.4 Å². The Balaban J connectivity index is 1.52. The van der Waals surface area contributed by atoms with Crippen LogP contribution in [0.4, 0.5) is 0 Å². The van der Waals surface area contributed by atoms with E-state index >= 15 is 0 Å². The minimum absolute atomic E-state index is 0.0187. The minimum Gasteiger partial charge on any atom is -0.508 e. The van der Waals surface area contributed by atoms with Gasteiger partial charge >= 0.3 is 11.9 Å². The molecule has 3 aromatic carbocycles. The van der Waals surface area contributed by atoms with Gasteiger partial charge in [-0.05, 0) is 47.4 Å². The van der Waals surface area contributed by atoms with Crippen molar-refractivity contribution in [1.29, 1.82) is 0 Å². The highest BCUT2D eigenvalue weighted by Crippen LogP contribution is 2.31. The average molecular weight is 713 g/mol. The van der Waals surface area contributed by atoms with Gasteiger partial charge in [-0.3, -0.25) is 24.0 Å². The van der Waals surface area contributed by atoms with Gasteiger partial charge in [-0.1, -0.05) is 60.7 Å². The van der Waals surface area contributed by atoms with Gasteiger partial charge in [0, 0.05) is 31.5 Å². The van der Waals surface area contributed by atoms with Crippen molar-refractivity contribution >= 4 is 35.6 Å². The summed E-state index contributed by atoms with van der Waals surface area (Å²) in [4.78, 5) is 81.5. The fourth-order valence-corrected chi connectivity index (χ4v) is 6.36. The molecule has 0 spiro atoms. The molecule has 2 aliphatic heterocycles. The number of aliphatic carboxylic acids is 2. The average Bonchev–Trinajstić information content (AvgIpc) is 3.12. The van der Waals surface area contributed by atoms with Crippen molar-refractivity contribution in [2.45, 2.75) is 50.1 Å². The Labute approximate surface area is 299 Å². The van der Waals surface area contributed by atoms with Crippen LogP contribution in [-0.2, 0) is 36.9 Å². The molecular weight excluding hydrogens is 672 g/mol. The Morgan fingerprint density at radius 3 is 2.37 bits per heavy atom. The third-order valence-electron chi connectivity index (χ3n) is 8.85. The topological polar surface area (TPSA) is 209 Å². The molecule has 0 aromatic heterocycles. The number of carbonyl (C=O) groups excluding carboxylic acids is 4. The number of hydrazine groups is 1. The SMILES string of the molecule is C=CCN1CC(=O)N2[C@H](CN(C(C(=O)NCc3ccccc3)c3cccc(C(=O)NC(CCC(=O)O)C(=O)O)c3)C(=O)[C@@H]2Cc2ccc(O)cc2)N1. The fraction of sp³-hybridized carbons (Fsp3) is 0.297. The highest BCUT2D eigenvalue weighted by molar-refractivity contribution is 5.98. The van der Waals surface area contributed by atoms with Gasteiger partial charge in [0.05, 0.1) is 13.1 Å². The van der Waals surface area contributed by atoms with E-state index in [0.717, 1.165) is 5.56 Å². The molecule has 2 saturated heterocycles. The lowest BCUT2D eigenvalue weighted by Crippen LogP contribution is -2.75. The maximum Gasteiger partial charge on any atom is 0.326 e. The molecule has 5 rings (SSSR count). The number of carboxylic acid groups (broad SMARTS) is 2. The molecule has 2 heterocycles. The monoisotopic (exact) mass is 712 g/mol. The molecule has 0 aliphatic carbocycles. The van der Waals surface area contributed by atoms with Crippen LogP contribution in [0.25, 0.3) is 0 Å². The molecule has 2 fully saturated rings. The van der Waals surface area contributed by atoms with E-state index in [1.54, 1.807) is 29.3 Å². The number of benzene rings is 3. The predicted octanol–water partition coefficient (Wildman–Crippen LogP) is 1.41. The molecule has 3 aromatic rings. The number of carboxylic acids is 2. The number of rotatable bonds is 15. The number of carbonyl (C=O) groups is 6. The second-order valence-corrected chi connectivity index (χ2v) is 12.5. The molecule has 4 atom stereocenters. The summed E-state index contributed by atoms with van der Waals surface area (Å²) in [5.41, 5.74) is 4.97. The van der Waals surface area contributed by atoms with E-state index in [0.29, 0.717) is 12.1 Å². The lowest BCUT2D eigenvalue weighted by Gasteiger charge is -2.52. The second kappa shape index (κ2) is 16.8. The van der Waals surface area contributed by atoms with Crippen molar-refractivity contribution in [2.75, 3.05) is 19.6 Å². The zero-order valence-corrected chi connectivity index (χ0v) is 28.2. The summed E-state index contributed by atoms with van der Waals surface area (Å²) in [5.74, 6) is -4.81. The zero-order valence-electron chi connectivity index (χ0n) is 28.2. The highest BCUT2D eigenvalue weighted by atomic mass is 16.4. The molecule has 272 valence electrons. The molecule has 4 amide bonds. The first-order valence-electron chi connectivity index (χ1n) is 16.6. The van der Waals surface area contributed by atoms with E-state index in [9.17, 15) is 39.0 Å². The van der Waals surface area contributed by atoms with Crippen molar-refractivity contribution in [3.8, 4) is 5.75 Å². The summed E-state index contributed by atoms with van der Waals surface area (Å²) in [6, 6.07) is 17.4. The number of fused-ring (bicyclic) bond motifs is 1. The Bertz CT molecular complexity index is 1820. The number of phenols is 1. The normalized spacial score (nSPS) is 18.5. The first-order chi connectivity index (χ1) is 24.9. The number of phenolic OH excluding ortho intramolecular Hbond substituents is 1. The van der Waals surface area contributed by atoms with E-state index in [1.807, 2.05) is 30.3 Å². The lowest BCUT2D eigenvalue weighted by atomic mass is 9.95. The van der Waals surface area contributed by atoms with Crippen LogP contribution in [0.1, 0.15) is 45.9 Å². The van der Waals surface area contributed by atoms with E-state index in [4.69, 9.17) is 5.11 Å². The molecule has 52 heavy (non-hydrogen) atoms. The number of piperazine rings is 1. The van der Waals surface area contributed by atoms with Gasteiger partial charge in [-0.2, -0.15) is 0 Å². The van der Waals surface area contributed by atoms with Crippen molar-refractivity contribution in [3.63, 3.8) is 0 Å². The Kier molecular flexibility index (Phi) is 12.0. The number of amides is 4. The quantitative estimate of drug-likeness (QED) is 0.124. The van der Waals surface area contributed by atoms with Crippen LogP contribution in [-0.4, -0.2) is 104 Å². The summed E-state index contributed by atoms with van der Waals surface area (Å²) in [6.45, 7) is 4.07. The second-order valence-electron chi connectivity index (χ2n) is 12.5. The Morgan fingerprint density at radius 2 is 1.69 bits per heavy atom. The van der Waals surface area contributed by atoms with Crippen LogP contribution in [0.15, 0.2) is 91.5 Å². The van der Waals surface area contributed by atoms with E-state index in [1.165, 1.54) is 40.1 Å². The number of nitrogens with zero attached hydrogens (tertiary/aromatic N) is 3. The summed E-state index contributed by atoms with van der Waals surface area (Å²) >= 11 is 0. The van der Waals surface area contributed by atoms with Crippen LogP contribution in [0.5, 0.6) is 5.75 Å². The molecule has 2 aliphatic rings. The fourth-order valence-electron chi connectivity index (χ4n) is 6.36. The molecule has 6 N–H and O–H groups in total. The zero-order chi connectivity index (χ0) is 37.4. The molecule has 0 radical (unpaired) electrons. The largest absolute Gasteiger partial charge is 0.508 e. The molecule has 0 bridgehead atoms. The number of hydrogen-bond donors (Lipinski definition) is 6. The highest BCUT2D eigenvalue weighted by Gasteiger charge is 2.49. The number of nitrogens with one attached hydrogen (secondary N) is 3. The van der Waals surface area contributed by atoms with Gasteiger partial charge in [-0.15, -0.1) is 6.58 Å². The third kappa shape index (κ3) is 8.99. The molecule has 2 unspecified atom stereocenters. The lowest BCUT2D eigenvalue weighted by molar-refractivity contribution is -0.171. The van der Waals surface area contributed by atoms with Crippen LogP contribution >= 0.6 is 0 Å². The minimum atomic E-state index is -1.49.